The van der Waals surface area contributed by atoms with E-state index < -0.39 is 0 Å². The lowest BCUT2D eigenvalue weighted by Gasteiger charge is -2.04. The quantitative estimate of drug-likeness (QED) is 0.914. The molecule has 0 spiro atoms. The molecule has 0 bridgehead atoms. The smallest absolute Gasteiger partial charge is 0.110 e. The van der Waals surface area contributed by atoms with E-state index in [0.29, 0.717) is 5.92 Å². The van der Waals surface area contributed by atoms with Gasteiger partial charge < -0.3 is 5.73 Å². The molecular weight excluding hydrogens is 252 g/mol. The average Bonchev–Trinajstić information content (AvgIpc) is 3.05. The Hall–Kier alpha value is -0.900. The Labute approximate surface area is 109 Å². The molecule has 1 aromatic carbocycles. The Kier molecular flexibility index (Phi) is 2.90. The van der Waals surface area contributed by atoms with Crippen molar-refractivity contribution in [2.75, 3.05) is 0 Å². The second-order valence-corrected chi connectivity index (χ2v) is 5.77. The van der Waals surface area contributed by atoms with Gasteiger partial charge in [-0.2, -0.15) is 0 Å². The summed E-state index contributed by atoms with van der Waals surface area (Å²) in [4.78, 5) is 4.62. The van der Waals surface area contributed by atoms with Crippen LogP contribution in [0.15, 0.2) is 29.6 Å². The van der Waals surface area contributed by atoms with E-state index in [1.807, 2.05) is 24.3 Å². The van der Waals surface area contributed by atoms with Gasteiger partial charge in [-0.05, 0) is 30.9 Å². The van der Waals surface area contributed by atoms with Gasteiger partial charge in [-0.15, -0.1) is 11.3 Å². The normalized spacial score (nSPS) is 17.1. The molecule has 88 valence electrons. The van der Waals surface area contributed by atoms with E-state index in [-0.39, 0.29) is 6.04 Å². The molecule has 0 saturated heterocycles. The highest BCUT2D eigenvalue weighted by molar-refractivity contribution is 7.10. The molecule has 3 rings (SSSR count). The molecule has 2 N–H and O–H groups in total. The third-order valence-electron chi connectivity index (χ3n) is 3.06. The SMILES string of the molecule is NC(c1nc(-c2cccc(Cl)c2)cs1)C1CC1. The molecule has 17 heavy (non-hydrogen) atoms. The number of halogens is 1. The average molecular weight is 265 g/mol. The van der Waals surface area contributed by atoms with Gasteiger partial charge >= 0.3 is 0 Å². The standard InChI is InChI=1S/C13H13ClN2S/c14-10-3-1-2-9(6-10)11-7-17-13(16-11)12(15)8-4-5-8/h1-3,6-8,12H,4-5,15H2. The first-order valence-corrected chi connectivity index (χ1v) is 6.97. The molecule has 1 heterocycles. The van der Waals surface area contributed by atoms with Crippen LogP contribution in [0.25, 0.3) is 11.3 Å². The third kappa shape index (κ3) is 2.37. The van der Waals surface area contributed by atoms with E-state index in [1.165, 1.54) is 12.8 Å². The summed E-state index contributed by atoms with van der Waals surface area (Å²) in [6.45, 7) is 0. The van der Waals surface area contributed by atoms with Gasteiger partial charge in [0.25, 0.3) is 0 Å². The summed E-state index contributed by atoms with van der Waals surface area (Å²) in [5.74, 6) is 0.647. The maximum absolute atomic E-state index is 6.14. The summed E-state index contributed by atoms with van der Waals surface area (Å²) in [7, 11) is 0. The molecule has 1 fully saturated rings. The molecule has 0 amide bonds. The zero-order chi connectivity index (χ0) is 11.8. The van der Waals surface area contributed by atoms with Crippen LogP contribution in [0.2, 0.25) is 5.02 Å². The van der Waals surface area contributed by atoms with Crippen molar-refractivity contribution in [1.29, 1.82) is 0 Å². The molecule has 1 saturated carbocycles. The van der Waals surface area contributed by atoms with Crippen LogP contribution in [0.1, 0.15) is 23.9 Å². The lowest BCUT2D eigenvalue weighted by Crippen LogP contribution is -2.11. The number of hydrogen-bond donors (Lipinski definition) is 1. The van der Waals surface area contributed by atoms with E-state index in [4.69, 9.17) is 17.3 Å². The van der Waals surface area contributed by atoms with Gasteiger partial charge in [-0.25, -0.2) is 4.98 Å². The minimum Gasteiger partial charge on any atom is -0.322 e. The summed E-state index contributed by atoms with van der Waals surface area (Å²) in [5.41, 5.74) is 8.18. The second-order valence-electron chi connectivity index (χ2n) is 4.44. The molecule has 1 aromatic heterocycles. The first-order valence-electron chi connectivity index (χ1n) is 5.71. The number of benzene rings is 1. The van der Waals surface area contributed by atoms with Gasteiger partial charge in [0.15, 0.2) is 0 Å². The van der Waals surface area contributed by atoms with Crippen LogP contribution in [-0.4, -0.2) is 4.98 Å². The van der Waals surface area contributed by atoms with E-state index in [1.54, 1.807) is 11.3 Å². The molecule has 1 aliphatic rings. The van der Waals surface area contributed by atoms with Gasteiger partial charge in [0.1, 0.15) is 5.01 Å². The zero-order valence-electron chi connectivity index (χ0n) is 9.27. The van der Waals surface area contributed by atoms with Crippen molar-refractivity contribution in [2.24, 2.45) is 11.7 Å². The molecule has 1 atom stereocenters. The lowest BCUT2D eigenvalue weighted by molar-refractivity contribution is 0.629. The molecule has 4 heteroatoms. The van der Waals surface area contributed by atoms with E-state index >= 15 is 0 Å². The van der Waals surface area contributed by atoms with Crippen LogP contribution in [0, 0.1) is 5.92 Å². The maximum atomic E-state index is 6.14. The Morgan fingerprint density at radius 1 is 1.41 bits per heavy atom. The van der Waals surface area contributed by atoms with Crippen molar-refractivity contribution in [3.63, 3.8) is 0 Å². The van der Waals surface area contributed by atoms with Crippen molar-refractivity contribution in [2.45, 2.75) is 18.9 Å². The first-order chi connectivity index (χ1) is 8.24. The number of thiazole rings is 1. The number of hydrogen-bond acceptors (Lipinski definition) is 3. The van der Waals surface area contributed by atoms with Crippen molar-refractivity contribution in [1.82, 2.24) is 4.98 Å². The minimum absolute atomic E-state index is 0.118. The predicted octanol–water partition coefficient (Wildman–Crippen LogP) is 3.87. The third-order valence-corrected chi connectivity index (χ3v) is 4.24. The van der Waals surface area contributed by atoms with Crippen LogP contribution in [0.5, 0.6) is 0 Å². The van der Waals surface area contributed by atoms with Crippen molar-refractivity contribution >= 4 is 22.9 Å². The summed E-state index contributed by atoms with van der Waals surface area (Å²) in [6, 6.07) is 7.88. The van der Waals surface area contributed by atoms with Gasteiger partial charge in [-0.3, -0.25) is 0 Å². The number of nitrogens with zero attached hydrogens (tertiary/aromatic N) is 1. The van der Waals surface area contributed by atoms with Gasteiger partial charge in [0.05, 0.1) is 11.7 Å². The van der Waals surface area contributed by atoms with E-state index in [9.17, 15) is 0 Å². The van der Waals surface area contributed by atoms with E-state index in [0.717, 1.165) is 21.3 Å². The first kappa shape index (κ1) is 11.2. The topological polar surface area (TPSA) is 38.9 Å². The zero-order valence-corrected chi connectivity index (χ0v) is 10.8. The van der Waals surface area contributed by atoms with Gasteiger partial charge in [0.2, 0.25) is 0 Å². The van der Waals surface area contributed by atoms with Gasteiger partial charge in [0, 0.05) is 16.0 Å². The van der Waals surface area contributed by atoms with Crippen LogP contribution in [-0.2, 0) is 0 Å². The van der Waals surface area contributed by atoms with Gasteiger partial charge in [-0.1, -0.05) is 23.7 Å². The lowest BCUT2D eigenvalue weighted by atomic mass is 10.2. The van der Waals surface area contributed by atoms with Crippen molar-refractivity contribution in [3.05, 3.63) is 39.7 Å². The van der Waals surface area contributed by atoms with Crippen LogP contribution in [0.4, 0.5) is 0 Å². The van der Waals surface area contributed by atoms with Crippen molar-refractivity contribution < 1.29 is 0 Å². The molecule has 0 aliphatic heterocycles. The summed E-state index contributed by atoms with van der Waals surface area (Å²) >= 11 is 7.62. The number of rotatable bonds is 3. The molecular formula is C13H13ClN2S. The number of nitrogens with two attached hydrogens (primary N) is 1. The molecule has 1 aliphatic carbocycles. The maximum Gasteiger partial charge on any atom is 0.110 e. The second kappa shape index (κ2) is 4.41. The molecule has 2 nitrogen and oxygen atoms in total. The number of aromatic nitrogens is 1. The molecule has 2 aromatic rings. The van der Waals surface area contributed by atoms with Crippen LogP contribution in [0.3, 0.4) is 0 Å². The summed E-state index contributed by atoms with van der Waals surface area (Å²) in [6.07, 6.45) is 2.49. The molecule has 1 unspecified atom stereocenters. The fourth-order valence-electron chi connectivity index (χ4n) is 1.88. The fraction of sp³-hybridized carbons (Fsp3) is 0.308. The Bertz CT molecular complexity index is 534. The van der Waals surface area contributed by atoms with Crippen LogP contribution < -0.4 is 5.73 Å². The Morgan fingerprint density at radius 2 is 2.24 bits per heavy atom. The predicted molar refractivity (Wildman–Crippen MR) is 72.2 cm³/mol. The molecule has 0 radical (unpaired) electrons. The largest absolute Gasteiger partial charge is 0.322 e. The minimum atomic E-state index is 0.118. The Morgan fingerprint density at radius 3 is 2.94 bits per heavy atom. The van der Waals surface area contributed by atoms with Crippen LogP contribution >= 0.6 is 22.9 Å². The summed E-state index contributed by atoms with van der Waals surface area (Å²) in [5, 5.41) is 3.84. The highest BCUT2D eigenvalue weighted by atomic mass is 35.5. The highest BCUT2D eigenvalue weighted by Gasteiger charge is 2.31. The fourth-order valence-corrected chi connectivity index (χ4v) is 2.99. The Balaban J connectivity index is 1.89. The van der Waals surface area contributed by atoms with Crippen molar-refractivity contribution in [3.8, 4) is 11.3 Å². The highest BCUT2D eigenvalue weighted by Crippen LogP contribution is 2.40. The summed E-state index contributed by atoms with van der Waals surface area (Å²) < 4.78 is 0. The monoisotopic (exact) mass is 264 g/mol. The van der Waals surface area contributed by atoms with E-state index in [2.05, 4.69) is 10.4 Å².